The SMILES string of the molecule is COCCN(Cc1ccccc1OS(=O)(=O)c1ccc(F)cc1)C(=O)CC(C)C. The van der Waals surface area contributed by atoms with Gasteiger partial charge in [-0.15, -0.1) is 0 Å². The van der Waals surface area contributed by atoms with E-state index < -0.39 is 15.9 Å². The molecule has 0 unspecified atom stereocenters. The van der Waals surface area contributed by atoms with E-state index in [1.54, 1.807) is 30.2 Å². The highest BCUT2D eigenvalue weighted by molar-refractivity contribution is 7.87. The molecular formula is C21H26FNO5S. The Morgan fingerprint density at radius 3 is 2.38 bits per heavy atom. The van der Waals surface area contributed by atoms with Crippen molar-refractivity contribution < 1.29 is 26.5 Å². The summed E-state index contributed by atoms with van der Waals surface area (Å²) >= 11 is 0. The summed E-state index contributed by atoms with van der Waals surface area (Å²) in [4.78, 5) is 14.1. The number of ether oxygens (including phenoxy) is 1. The van der Waals surface area contributed by atoms with Crippen LogP contribution in [0.15, 0.2) is 53.4 Å². The molecule has 0 bridgehead atoms. The third-order valence-electron chi connectivity index (χ3n) is 4.14. The van der Waals surface area contributed by atoms with Gasteiger partial charge in [0.25, 0.3) is 0 Å². The van der Waals surface area contributed by atoms with Crippen LogP contribution in [-0.4, -0.2) is 39.5 Å². The van der Waals surface area contributed by atoms with E-state index in [2.05, 4.69) is 0 Å². The first-order chi connectivity index (χ1) is 13.7. The molecule has 2 aromatic rings. The van der Waals surface area contributed by atoms with Crippen LogP contribution in [0.25, 0.3) is 0 Å². The predicted octanol–water partition coefficient (Wildman–Crippen LogP) is 3.61. The molecule has 0 fully saturated rings. The van der Waals surface area contributed by atoms with Gasteiger partial charge in [0.2, 0.25) is 5.91 Å². The zero-order valence-corrected chi connectivity index (χ0v) is 17.6. The van der Waals surface area contributed by atoms with Crippen molar-refractivity contribution in [1.82, 2.24) is 4.90 Å². The van der Waals surface area contributed by atoms with E-state index in [9.17, 15) is 17.6 Å². The molecule has 0 aliphatic heterocycles. The maximum Gasteiger partial charge on any atom is 0.339 e. The average Bonchev–Trinajstić information content (AvgIpc) is 2.66. The normalized spacial score (nSPS) is 11.5. The number of hydrogen-bond acceptors (Lipinski definition) is 5. The van der Waals surface area contributed by atoms with Gasteiger partial charge in [-0.3, -0.25) is 4.79 Å². The fourth-order valence-corrected chi connectivity index (χ4v) is 3.63. The number of para-hydroxylation sites is 1. The van der Waals surface area contributed by atoms with E-state index in [1.165, 1.54) is 6.07 Å². The number of rotatable bonds is 10. The number of hydrogen-bond donors (Lipinski definition) is 0. The molecule has 6 nitrogen and oxygen atoms in total. The van der Waals surface area contributed by atoms with Crippen molar-refractivity contribution in [2.45, 2.75) is 31.7 Å². The Hall–Kier alpha value is -2.45. The number of carbonyl (C=O) groups excluding carboxylic acids is 1. The van der Waals surface area contributed by atoms with Crippen LogP contribution < -0.4 is 4.18 Å². The van der Waals surface area contributed by atoms with Gasteiger partial charge in [0, 0.05) is 32.2 Å². The van der Waals surface area contributed by atoms with Crippen LogP contribution >= 0.6 is 0 Å². The Morgan fingerprint density at radius 1 is 1.10 bits per heavy atom. The first kappa shape index (κ1) is 22.8. The van der Waals surface area contributed by atoms with Gasteiger partial charge in [0.1, 0.15) is 16.5 Å². The van der Waals surface area contributed by atoms with Gasteiger partial charge < -0.3 is 13.8 Å². The van der Waals surface area contributed by atoms with Gasteiger partial charge in [-0.05, 0) is 36.2 Å². The van der Waals surface area contributed by atoms with Gasteiger partial charge >= 0.3 is 10.1 Å². The molecular weight excluding hydrogens is 397 g/mol. The van der Waals surface area contributed by atoms with E-state index in [0.717, 1.165) is 24.3 Å². The lowest BCUT2D eigenvalue weighted by atomic mass is 10.1. The molecule has 0 saturated heterocycles. The fraction of sp³-hybridized carbons (Fsp3) is 0.381. The molecule has 1 amide bonds. The second-order valence-electron chi connectivity index (χ2n) is 7.01. The van der Waals surface area contributed by atoms with Crippen LogP contribution in [0.4, 0.5) is 4.39 Å². The molecule has 0 spiro atoms. The summed E-state index contributed by atoms with van der Waals surface area (Å²) in [5, 5.41) is 0. The summed E-state index contributed by atoms with van der Waals surface area (Å²) in [6, 6.07) is 11.0. The zero-order chi connectivity index (χ0) is 21.4. The van der Waals surface area contributed by atoms with Gasteiger partial charge in [0.05, 0.1) is 6.61 Å². The number of benzene rings is 2. The Bertz CT molecular complexity index is 913. The van der Waals surface area contributed by atoms with Gasteiger partial charge in [-0.1, -0.05) is 32.0 Å². The van der Waals surface area contributed by atoms with Crippen LogP contribution in [0.3, 0.4) is 0 Å². The van der Waals surface area contributed by atoms with Crippen molar-refractivity contribution in [1.29, 1.82) is 0 Å². The summed E-state index contributed by atoms with van der Waals surface area (Å²) < 4.78 is 48.6. The summed E-state index contributed by atoms with van der Waals surface area (Å²) in [5.41, 5.74) is 0.548. The predicted molar refractivity (Wildman–Crippen MR) is 107 cm³/mol. The second-order valence-corrected chi connectivity index (χ2v) is 8.55. The third kappa shape index (κ3) is 6.83. The second kappa shape index (κ2) is 10.4. The quantitative estimate of drug-likeness (QED) is 0.546. The van der Waals surface area contributed by atoms with Gasteiger partial charge in [-0.2, -0.15) is 8.42 Å². The van der Waals surface area contributed by atoms with Crippen molar-refractivity contribution in [3.05, 3.63) is 59.9 Å². The van der Waals surface area contributed by atoms with Crippen LogP contribution in [0.1, 0.15) is 25.8 Å². The van der Waals surface area contributed by atoms with E-state index in [0.29, 0.717) is 25.1 Å². The standard InChI is InChI=1S/C21H26FNO5S/c1-16(2)14-21(24)23(12-13-27-3)15-17-6-4-5-7-20(17)28-29(25,26)19-10-8-18(22)9-11-19/h4-11,16H,12-15H2,1-3H3. The number of nitrogens with zero attached hydrogens (tertiary/aromatic N) is 1. The maximum absolute atomic E-state index is 13.1. The van der Waals surface area contributed by atoms with Crippen molar-refractivity contribution in [2.75, 3.05) is 20.3 Å². The molecule has 0 N–H and O–H groups in total. The molecule has 2 aromatic carbocycles. The highest BCUT2D eigenvalue weighted by Gasteiger charge is 2.21. The van der Waals surface area contributed by atoms with E-state index >= 15 is 0 Å². The Kier molecular flexibility index (Phi) is 8.16. The van der Waals surface area contributed by atoms with Crippen LogP contribution in [-0.2, 0) is 26.2 Å². The highest BCUT2D eigenvalue weighted by Crippen LogP contribution is 2.25. The Morgan fingerprint density at radius 2 is 1.76 bits per heavy atom. The summed E-state index contributed by atoms with van der Waals surface area (Å²) in [6.45, 7) is 4.84. The molecule has 0 atom stereocenters. The molecule has 2 rings (SSSR count). The molecule has 0 aliphatic rings. The molecule has 0 radical (unpaired) electrons. The lowest BCUT2D eigenvalue weighted by molar-refractivity contribution is -0.133. The lowest BCUT2D eigenvalue weighted by Crippen LogP contribution is -2.34. The van der Waals surface area contributed by atoms with Crippen LogP contribution in [0, 0.1) is 11.7 Å². The van der Waals surface area contributed by atoms with E-state index in [4.69, 9.17) is 8.92 Å². The van der Waals surface area contributed by atoms with E-state index in [-0.39, 0.29) is 29.0 Å². The minimum atomic E-state index is -4.14. The first-order valence-corrected chi connectivity index (χ1v) is 10.7. The Labute approximate surface area is 171 Å². The number of amides is 1. The smallest absolute Gasteiger partial charge is 0.339 e. The Balaban J connectivity index is 2.26. The van der Waals surface area contributed by atoms with Crippen molar-refractivity contribution in [2.24, 2.45) is 5.92 Å². The number of methoxy groups -OCH3 is 1. The molecule has 29 heavy (non-hydrogen) atoms. The summed E-state index contributed by atoms with van der Waals surface area (Å²) in [6.07, 6.45) is 0.376. The molecule has 158 valence electrons. The highest BCUT2D eigenvalue weighted by atomic mass is 32.2. The molecule has 0 heterocycles. The minimum Gasteiger partial charge on any atom is -0.383 e. The van der Waals surface area contributed by atoms with Crippen LogP contribution in [0.5, 0.6) is 5.75 Å². The monoisotopic (exact) mass is 423 g/mol. The molecule has 0 saturated carbocycles. The zero-order valence-electron chi connectivity index (χ0n) is 16.8. The van der Waals surface area contributed by atoms with Gasteiger partial charge in [0.15, 0.2) is 0 Å². The topological polar surface area (TPSA) is 72.9 Å². The largest absolute Gasteiger partial charge is 0.383 e. The summed E-state index contributed by atoms with van der Waals surface area (Å²) in [5.74, 6) is -0.274. The van der Waals surface area contributed by atoms with E-state index in [1.807, 2.05) is 13.8 Å². The number of halogens is 1. The van der Waals surface area contributed by atoms with Crippen molar-refractivity contribution >= 4 is 16.0 Å². The number of carbonyl (C=O) groups is 1. The maximum atomic E-state index is 13.1. The van der Waals surface area contributed by atoms with Gasteiger partial charge in [-0.25, -0.2) is 4.39 Å². The fourth-order valence-electron chi connectivity index (χ4n) is 2.66. The first-order valence-electron chi connectivity index (χ1n) is 9.27. The van der Waals surface area contributed by atoms with Crippen molar-refractivity contribution in [3.63, 3.8) is 0 Å². The molecule has 8 heteroatoms. The lowest BCUT2D eigenvalue weighted by Gasteiger charge is -2.24. The third-order valence-corrected chi connectivity index (χ3v) is 5.39. The molecule has 0 aliphatic carbocycles. The van der Waals surface area contributed by atoms with Crippen LogP contribution in [0.2, 0.25) is 0 Å². The molecule has 0 aromatic heterocycles. The minimum absolute atomic E-state index is 0.0479. The average molecular weight is 424 g/mol. The summed E-state index contributed by atoms with van der Waals surface area (Å²) in [7, 11) is -2.59. The van der Waals surface area contributed by atoms with Crippen molar-refractivity contribution in [3.8, 4) is 5.75 Å².